The molecule has 0 atom stereocenters. The van der Waals surface area contributed by atoms with E-state index in [1.807, 2.05) is 0 Å². The molecule has 0 radical (unpaired) electrons. The molecule has 14 heavy (non-hydrogen) atoms. The predicted octanol–water partition coefficient (Wildman–Crippen LogP) is 0.400. The average Bonchev–Trinajstić information content (AvgIpc) is 2.15. The first-order valence-corrected chi connectivity index (χ1v) is 5.44. The highest BCUT2D eigenvalue weighted by Gasteiger charge is 2.12. The highest BCUT2D eigenvalue weighted by Crippen LogP contribution is 1.97. The Morgan fingerprint density at radius 2 is 1.93 bits per heavy atom. The van der Waals surface area contributed by atoms with Crippen molar-refractivity contribution in [2.24, 2.45) is 0 Å². The molecule has 1 heterocycles. The summed E-state index contributed by atoms with van der Waals surface area (Å²) in [5.41, 5.74) is 1.21. The van der Waals surface area contributed by atoms with E-state index in [-0.39, 0.29) is 0 Å². The van der Waals surface area contributed by atoms with E-state index in [0.29, 0.717) is 0 Å². The van der Waals surface area contributed by atoms with Crippen molar-refractivity contribution in [1.82, 2.24) is 15.1 Å². The summed E-state index contributed by atoms with van der Waals surface area (Å²) in [4.78, 5) is 4.91. The average molecular weight is 197 g/mol. The van der Waals surface area contributed by atoms with Crippen LogP contribution in [0, 0.1) is 0 Å². The standard InChI is InChI=1S/C11H23N3/c1-11(2)10-12-4-5-14-8-6-13(3)7-9-14/h12H,1,4-10H2,2-3H3. The first-order valence-electron chi connectivity index (χ1n) is 5.44. The van der Waals surface area contributed by atoms with E-state index in [1.54, 1.807) is 0 Å². The van der Waals surface area contributed by atoms with Gasteiger partial charge in [-0.15, -0.1) is 0 Å². The van der Waals surface area contributed by atoms with Gasteiger partial charge in [0.15, 0.2) is 0 Å². The molecule has 82 valence electrons. The van der Waals surface area contributed by atoms with Crippen LogP contribution in [-0.4, -0.2) is 62.7 Å². The molecular formula is C11H23N3. The van der Waals surface area contributed by atoms with Gasteiger partial charge in [-0.3, -0.25) is 4.90 Å². The van der Waals surface area contributed by atoms with Crippen LogP contribution in [-0.2, 0) is 0 Å². The lowest BCUT2D eigenvalue weighted by Crippen LogP contribution is -2.46. The summed E-state index contributed by atoms with van der Waals surface area (Å²) < 4.78 is 0. The number of piperazine rings is 1. The summed E-state index contributed by atoms with van der Waals surface area (Å²) in [5.74, 6) is 0. The van der Waals surface area contributed by atoms with E-state index >= 15 is 0 Å². The van der Waals surface area contributed by atoms with Crippen LogP contribution in [0.3, 0.4) is 0 Å². The topological polar surface area (TPSA) is 18.5 Å². The quantitative estimate of drug-likeness (QED) is 0.508. The van der Waals surface area contributed by atoms with Gasteiger partial charge in [0.05, 0.1) is 0 Å². The lowest BCUT2D eigenvalue weighted by molar-refractivity contribution is 0.155. The van der Waals surface area contributed by atoms with Crippen molar-refractivity contribution in [1.29, 1.82) is 0 Å². The van der Waals surface area contributed by atoms with E-state index in [2.05, 4.69) is 35.7 Å². The predicted molar refractivity (Wildman–Crippen MR) is 61.6 cm³/mol. The summed E-state index contributed by atoms with van der Waals surface area (Å²) in [6.45, 7) is 14.0. The van der Waals surface area contributed by atoms with Gasteiger partial charge in [0.2, 0.25) is 0 Å². The Bertz CT molecular complexity index is 171. The Morgan fingerprint density at radius 3 is 2.50 bits per heavy atom. The summed E-state index contributed by atoms with van der Waals surface area (Å²) in [6, 6.07) is 0. The molecule has 0 unspecified atom stereocenters. The summed E-state index contributed by atoms with van der Waals surface area (Å²) in [6.07, 6.45) is 0. The van der Waals surface area contributed by atoms with Crippen LogP contribution in [0.5, 0.6) is 0 Å². The molecule has 0 aromatic heterocycles. The third kappa shape index (κ3) is 4.74. The Balaban J connectivity index is 1.99. The molecule has 1 aliphatic rings. The smallest absolute Gasteiger partial charge is 0.0159 e. The number of hydrogen-bond acceptors (Lipinski definition) is 3. The minimum absolute atomic E-state index is 0.952. The fraction of sp³-hybridized carbons (Fsp3) is 0.818. The second-order valence-corrected chi connectivity index (χ2v) is 4.28. The van der Waals surface area contributed by atoms with E-state index in [1.165, 1.54) is 38.3 Å². The van der Waals surface area contributed by atoms with Crippen molar-refractivity contribution in [3.63, 3.8) is 0 Å². The molecule has 0 aromatic rings. The number of rotatable bonds is 5. The molecule has 0 amide bonds. The Kier molecular flexibility index (Phi) is 5.15. The van der Waals surface area contributed by atoms with Gasteiger partial charge in [-0.1, -0.05) is 12.2 Å². The van der Waals surface area contributed by atoms with Crippen molar-refractivity contribution >= 4 is 0 Å². The van der Waals surface area contributed by atoms with Crippen LogP contribution in [0.15, 0.2) is 12.2 Å². The van der Waals surface area contributed by atoms with Crippen molar-refractivity contribution in [2.45, 2.75) is 6.92 Å². The minimum Gasteiger partial charge on any atom is -0.312 e. The maximum atomic E-state index is 3.87. The van der Waals surface area contributed by atoms with E-state index in [0.717, 1.165) is 13.1 Å². The summed E-state index contributed by atoms with van der Waals surface area (Å²) in [5, 5.41) is 3.39. The summed E-state index contributed by atoms with van der Waals surface area (Å²) >= 11 is 0. The molecule has 0 aromatic carbocycles. The highest BCUT2D eigenvalue weighted by atomic mass is 15.2. The van der Waals surface area contributed by atoms with Gasteiger partial charge in [-0.2, -0.15) is 0 Å². The zero-order valence-electron chi connectivity index (χ0n) is 9.55. The van der Waals surface area contributed by atoms with Crippen LogP contribution >= 0.6 is 0 Å². The van der Waals surface area contributed by atoms with Gasteiger partial charge >= 0.3 is 0 Å². The third-order valence-corrected chi connectivity index (χ3v) is 2.63. The van der Waals surface area contributed by atoms with Gasteiger partial charge in [-0.05, 0) is 14.0 Å². The zero-order valence-corrected chi connectivity index (χ0v) is 9.55. The normalized spacial score (nSPS) is 19.9. The number of nitrogens with zero attached hydrogens (tertiary/aromatic N) is 2. The molecule has 1 rings (SSSR count). The fourth-order valence-corrected chi connectivity index (χ4v) is 1.61. The van der Waals surface area contributed by atoms with Gasteiger partial charge in [-0.25, -0.2) is 0 Å². The second kappa shape index (κ2) is 6.17. The molecule has 1 saturated heterocycles. The first-order chi connectivity index (χ1) is 6.68. The minimum atomic E-state index is 0.952. The van der Waals surface area contributed by atoms with Crippen molar-refractivity contribution in [3.8, 4) is 0 Å². The van der Waals surface area contributed by atoms with E-state index in [9.17, 15) is 0 Å². The molecule has 0 saturated carbocycles. The van der Waals surface area contributed by atoms with Gasteiger partial charge in [0, 0.05) is 45.8 Å². The van der Waals surface area contributed by atoms with Crippen molar-refractivity contribution in [2.75, 3.05) is 52.9 Å². The lowest BCUT2D eigenvalue weighted by atomic mass is 10.3. The Morgan fingerprint density at radius 1 is 1.29 bits per heavy atom. The summed E-state index contributed by atoms with van der Waals surface area (Å²) in [7, 11) is 2.19. The molecule has 0 spiro atoms. The van der Waals surface area contributed by atoms with E-state index < -0.39 is 0 Å². The SMILES string of the molecule is C=C(C)CNCCN1CCN(C)CC1. The van der Waals surface area contributed by atoms with E-state index in [4.69, 9.17) is 0 Å². The largest absolute Gasteiger partial charge is 0.312 e. The van der Waals surface area contributed by atoms with Crippen LogP contribution in [0.2, 0.25) is 0 Å². The highest BCUT2D eigenvalue weighted by molar-refractivity contribution is 4.90. The molecule has 0 aliphatic carbocycles. The van der Waals surface area contributed by atoms with Crippen LogP contribution in [0.25, 0.3) is 0 Å². The Labute approximate surface area is 87.8 Å². The molecule has 1 aliphatic heterocycles. The third-order valence-electron chi connectivity index (χ3n) is 2.63. The first kappa shape index (κ1) is 11.7. The molecule has 0 bridgehead atoms. The molecular weight excluding hydrogens is 174 g/mol. The number of nitrogens with one attached hydrogen (secondary N) is 1. The molecule has 1 N–H and O–H groups in total. The second-order valence-electron chi connectivity index (χ2n) is 4.28. The zero-order chi connectivity index (χ0) is 10.4. The fourth-order valence-electron chi connectivity index (χ4n) is 1.61. The maximum Gasteiger partial charge on any atom is 0.0159 e. The molecule has 3 nitrogen and oxygen atoms in total. The van der Waals surface area contributed by atoms with Crippen LogP contribution < -0.4 is 5.32 Å². The lowest BCUT2D eigenvalue weighted by Gasteiger charge is -2.32. The van der Waals surface area contributed by atoms with Crippen LogP contribution in [0.1, 0.15) is 6.92 Å². The van der Waals surface area contributed by atoms with Crippen molar-refractivity contribution in [3.05, 3.63) is 12.2 Å². The monoisotopic (exact) mass is 197 g/mol. The molecule has 1 fully saturated rings. The Hall–Kier alpha value is -0.380. The maximum absolute atomic E-state index is 3.87. The number of hydrogen-bond donors (Lipinski definition) is 1. The van der Waals surface area contributed by atoms with Crippen molar-refractivity contribution < 1.29 is 0 Å². The van der Waals surface area contributed by atoms with Gasteiger partial charge in [0.1, 0.15) is 0 Å². The van der Waals surface area contributed by atoms with Crippen LogP contribution in [0.4, 0.5) is 0 Å². The van der Waals surface area contributed by atoms with Gasteiger partial charge in [0.25, 0.3) is 0 Å². The molecule has 3 heteroatoms. The number of likely N-dealkylation sites (N-methyl/N-ethyl adjacent to an activating group) is 1. The van der Waals surface area contributed by atoms with Gasteiger partial charge < -0.3 is 10.2 Å².